The van der Waals surface area contributed by atoms with Gasteiger partial charge < -0.3 is 10.2 Å². The number of amides is 1. The van der Waals surface area contributed by atoms with Crippen molar-refractivity contribution in [1.82, 2.24) is 18.8 Å². The molecule has 26 heavy (non-hydrogen) atoms. The predicted molar refractivity (Wildman–Crippen MR) is 99.3 cm³/mol. The van der Waals surface area contributed by atoms with Crippen molar-refractivity contribution < 1.29 is 4.79 Å². The molecule has 0 radical (unpaired) electrons. The number of aromatic nitrogens is 3. The molecule has 0 aliphatic carbocycles. The normalized spacial score (nSPS) is 10.8. The molecule has 9 heteroatoms. The number of carbonyl (C=O) groups excluding carboxylic acids is 1. The third kappa shape index (κ3) is 3.61. The molecule has 2 aromatic heterocycles. The highest BCUT2D eigenvalue weighted by molar-refractivity contribution is 7.13. The maximum atomic E-state index is 12.7. The Morgan fingerprint density at radius 2 is 2.08 bits per heavy atom. The minimum Gasteiger partial charge on any atom is -0.321 e. The molecular formula is C17H16N6O2S. The Kier molecular flexibility index (Phi) is 5.06. The zero-order valence-electron chi connectivity index (χ0n) is 14.3. The summed E-state index contributed by atoms with van der Waals surface area (Å²) in [4.78, 5) is 31.9. The van der Waals surface area contributed by atoms with Crippen molar-refractivity contribution >= 4 is 33.3 Å². The Labute approximate surface area is 153 Å². The zero-order chi connectivity index (χ0) is 18.7. The first-order chi connectivity index (χ1) is 12.5. The van der Waals surface area contributed by atoms with E-state index < -0.39 is 5.91 Å². The van der Waals surface area contributed by atoms with Crippen molar-refractivity contribution in [1.29, 1.82) is 5.26 Å². The topological polar surface area (TPSA) is 104 Å². The van der Waals surface area contributed by atoms with Crippen LogP contribution in [0, 0.1) is 11.3 Å². The smallest absolute Gasteiger partial charge is 0.276 e. The summed E-state index contributed by atoms with van der Waals surface area (Å²) in [5.41, 5.74) is 0.795. The van der Waals surface area contributed by atoms with Crippen LogP contribution in [0.2, 0.25) is 0 Å². The second kappa shape index (κ2) is 7.43. The predicted octanol–water partition coefficient (Wildman–Crippen LogP) is 1.54. The highest BCUT2D eigenvalue weighted by atomic mass is 32.1. The Bertz CT molecular complexity index is 1050. The van der Waals surface area contributed by atoms with Gasteiger partial charge in [0.15, 0.2) is 10.5 Å². The second-order valence-corrected chi connectivity index (χ2v) is 6.65. The van der Waals surface area contributed by atoms with Crippen LogP contribution in [-0.4, -0.2) is 45.4 Å². The van der Waals surface area contributed by atoms with Gasteiger partial charge in [0.2, 0.25) is 0 Å². The molecule has 3 rings (SSSR count). The molecule has 0 aliphatic heterocycles. The standard InChI is InChI=1S/C17H16N6O2S/c1-22(2)7-8-23-10-19-16-13(17(23)25)14(21-26-16)15(24)20-12-5-3-11(9-18)4-6-12/h3-6,10H,7-8H2,1-2H3,(H,20,24). The van der Waals surface area contributed by atoms with Crippen molar-refractivity contribution in [3.8, 4) is 6.07 Å². The fourth-order valence-electron chi connectivity index (χ4n) is 2.32. The number of nitrogens with one attached hydrogen (secondary N) is 1. The first kappa shape index (κ1) is 17.7. The number of benzene rings is 1. The number of rotatable bonds is 5. The van der Waals surface area contributed by atoms with Crippen LogP contribution in [-0.2, 0) is 6.54 Å². The number of likely N-dealkylation sites (N-methyl/N-ethyl adjacent to an activating group) is 1. The number of hydrogen-bond donors (Lipinski definition) is 1. The summed E-state index contributed by atoms with van der Waals surface area (Å²) >= 11 is 1.02. The van der Waals surface area contributed by atoms with Crippen molar-refractivity contribution in [2.24, 2.45) is 0 Å². The SMILES string of the molecule is CN(C)CCn1cnc2snc(C(=O)Nc3ccc(C#N)cc3)c2c1=O. The highest BCUT2D eigenvalue weighted by Gasteiger charge is 2.19. The number of nitrogens with zero attached hydrogens (tertiary/aromatic N) is 5. The van der Waals surface area contributed by atoms with E-state index in [9.17, 15) is 9.59 Å². The number of fused-ring (bicyclic) bond motifs is 1. The van der Waals surface area contributed by atoms with Gasteiger partial charge in [-0.25, -0.2) is 4.98 Å². The van der Waals surface area contributed by atoms with E-state index in [1.165, 1.54) is 10.9 Å². The summed E-state index contributed by atoms with van der Waals surface area (Å²) in [7, 11) is 3.83. The lowest BCUT2D eigenvalue weighted by molar-refractivity contribution is 0.102. The number of carbonyl (C=O) groups is 1. The summed E-state index contributed by atoms with van der Waals surface area (Å²) in [6, 6.07) is 8.46. The Morgan fingerprint density at radius 1 is 1.35 bits per heavy atom. The van der Waals surface area contributed by atoms with E-state index in [0.29, 0.717) is 29.2 Å². The molecule has 1 aromatic carbocycles. The van der Waals surface area contributed by atoms with Gasteiger partial charge in [0.05, 0.1) is 18.0 Å². The summed E-state index contributed by atoms with van der Waals surface area (Å²) in [5, 5.41) is 11.7. The van der Waals surface area contributed by atoms with E-state index in [1.54, 1.807) is 24.3 Å². The molecule has 0 saturated carbocycles. The van der Waals surface area contributed by atoms with E-state index in [1.807, 2.05) is 25.1 Å². The lowest BCUT2D eigenvalue weighted by atomic mass is 10.2. The molecule has 1 amide bonds. The summed E-state index contributed by atoms with van der Waals surface area (Å²) in [5.74, 6) is -0.481. The van der Waals surface area contributed by atoms with Gasteiger partial charge in [-0.2, -0.15) is 9.64 Å². The Hall–Kier alpha value is -3.09. The molecule has 0 bridgehead atoms. The lowest BCUT2D eigenvalue weighted by Crippen LogP contribution is -2.27. The minimum atomic E-state index is -0.481. The van der Waals surface area contributed by atoms with Crippen LogP contribution in [0.5, 0.6) is 0 Å². The molecule has 8 nitrogen and oxygen atoms in total. The number of anilines is 1. The second-order valence-electron chi connectivity index (χ2n) is 5.90. The van der Waals surface area contributed by atoms with Gasteiger partial charge in [0.25, 0.3) is 11.5 Å². The van der Waals surface area contributed by atoms with Gasteiger partial charge in [-0.1, -0.05) is 0 Å². The molecule has 0 unspecified atom stereocenters. The largest absolute Gasteiger partial charge is 0.321 e. The minimum absolute atomic E-state index is 0.0612. The van der Waals surface area contributed by atoms with Crippen LogP contribution in [0.3, 0.4) is 0 Å². The maximum Gasteiger partial charge on any atom is 0.276 e. The zero-order valence-corrected chi connectivity index (χ0v) is 15.1. The number of hydrogen-bond acceptors (Lipinski definition) is 7. The first-order valence-corrected chi connectivity index (χ1v) is 8.58. The van der Waals surface area contributed by atoms with Gasteiger partial charge >= 0.3 is 0 Å². The van der Waals surface area contributed by atoms with Crippen molar-refractivity contribution in [3.63, 3.8) is 0 Å². The van der Waals surface area contributed by atoms with Gasteiger partial charge in [-0.15, -0.1) is 0 Å². The van der Waals surface area contributed by atoms with E-state index >= 15 is 0 Å². The first-order valence-electron chi connectivity index (χ1n) is 7.80. The molecule has 2 heterocycles. The molecule has 0 saturated heterocycles. The van der Waals surface area contributed by atoms with Crippen molar-refractivity contribution in [2.75, 3.05) is 26.0 Å². The van der Waals surface area contributed by atoms with E-state index in [4.69, 9.17) is 5.26 Å². The number of nitriles is 1. The van der Waals surface area contributed by atoms with Crippen LogP contribution in [0.1, 0.15) is 16.1 Å². The van der Waals surface area contributed by atoms with Gasteiger partial charge in [0.1, 0.15) is 5.39 Å². The van der Waals surface area contributed by atoms with E-state index in [-0.39, 0.29) is 16.6 Å². The van der Waals surface area contributed by atoms with Crippen LogP contribution >= 0.6 is 11.5 Å². The Morgan fingerprint density at radius 3 is 2.73 bits per heavy atom. The molecule has 3 aromatic rings. The van der Waals surface area contributed by atoms with Crippen LogP contribution in [0.25, 0.3) is 10.2 Å². The third-order valence-corrected chi connectivity index (χ3v) is 4.49. The van der Waals surface area contributed by atoms with E-state index in [2.05, 4.69) is 14.7 Å². The maximum absolute atomic E-state index is 12.7. The summed E-state index contributed by atoms with van der Waals surface area (Å²) in [6.45, 7) is 1.15. The fraction of sp³-hybridized carbons (Fsp3) is 0.235. The van der Waals surface area contributed by atoms with E-state index in [0.717, 1.165) is 11.5 Å². The summed E-state index contributed by atoms with van der Waals surface area (Å²) in [6.07, 6.45) is 1.48. The molecule has 0 fully saturated rings. The average molecular weight is 368 g/mol. The highest BCUT2D eigenvalue weighted by Crippen LogP contribution is 2.18. The van der Waals surface area contributed by atoms with Gasteiger partial charge in [0, 0.05) is 18.8 Å². The van der Waals surface area contributed by atoms with Gasteiger partial charge in [-0.05, 0) is 49.9 Å². The molecule has 0 aliphatic rings. The average Bonchev–Trinajstić information content (AvgIpc) is 3.07. The summed E-state index contributed by atoms with van der Waals surface area (Å²) < 4.78 is 5.59. The quantitative estimate of drug-likeness (QED) is 0.732. The van der Waals surface area contributed by atoms with Crippen LogP contribution < -0.4 is 10.9 Å². The molecular weight excluding hydrogens is 352 g/mol. The molecule has 1 N–H and O–H groups in total. The molecule has 132 valence electrons. The third-order valence-electron chi connectivity index (χ3n) is 3.74. The molecule has 0 spiro atoms. The van der Waals surface area contributed by atoms with Crippen molar-refractivity contribution in [2.45, 2.75) is 6.54 Å². The Balaban J connectivity index is 1.91. The van der Waals surface area contributed by atoms with Crippen molar-refractivity contribution in [3.05, 3.63) is 52.2 Å². The molecule has 0 atom stereocenters. The van der Waals surface area contributed by atoms with Gasteiger partial charge in [-0.3, -0.25) is 14.2 Å². The lowest BCUT2D eigenvalue weighted by Gasteiger charge is -2.10. The van der Waals surface area contributed by atoms with Crippen LogP contribution in [0.15, 0.2) is 35.4 Å². The van der Waals surface area contributed by atoms with Crippen LogP contribution in [0.4, 0.5) is 5.69 Å². The monoisotopic (exact) mass is 368 g/mol. The fourth-order valence-corrected chi connectivity index (χ4v) is 3.04.